The predicted molar refractivity (Wildman–Crippen MR) is 107 cm³/mol. The van der Waals surface area contributed by atoms with Gasteiger partial charge in [-0.15, -0.1) is 0 Å². The molecule has 1 atom stereocenters. The van der Waals surface area contributed by atoms with Crippen molar-refractivity contribution < 1.29 is 14.6 Å². The molecule has 0 spiro atoms. The van der Waals surface area contributed by atoms with Crippen molar-refractivity contribution in [2.45, 2.75) is 19.6 Å². The van der Waals surface area contributed by atoms with Gasteiger partial charge >= 0.3 is 0 Å². The Bertz CT molecular complexity index is 1100. The van der Waals surface area contributed by atoms with Gasteiger partial charge in [0.25, 0.3) is 5.91 Å². The fraction of sp³-hybridized carbons (Fsp3) is 0.130. The van der Waals surface area contributed by atoms with Crippen LogP contribution in [0.2, 0.25) is 0 Å². The Morgan fingerprint density at radius 1 is 1.00 bits per heavy atom. The van der Waals surface area contributed by atoms with E-state index in [4.69, 9.17) is 4.74 Å². The Morgan fingerprint density at radius 2 is 1.68 bits per heavy atom. The lowest BCUT2D eigenvalue weighted by Gasteiger charge is -2.11. The van der Waals surface area contributed by atoms with Crippen molar-refractivity contribution in [1.82, 2.24) is 9.55 Å². The van der Waals surface area contributed by atoms with E-state index < -0.39 is 6.10 Å². The van der Waals surface area contributed by atoms with Crippen LogP contribution >= 0.6 is 0 Å². The van der Waals surface area contributed by atoms with Gasteiger partial charge in [0.15, 0.2) is 0 Å². The lowest BCUT2D eigenvalue weighted by Crippen LogP contribution is -2.16. The summed E-state index contributed by atoms with van der Waals surface area (Å²) in [6.45, 7) is 2.07. The highest BCUT2D eigenvalue weighted by Gasteiger charge is 2.20. The maximum atomic E-state index is 13.1. The number of aromatic nitrogens is 2. The molecule has 0 aliphatic carbocycles. The maximum Gasteiger partial charge on any atom is 0.263 e. The average Bonchev–Trinajstić information content (AvgIpc) is 3.13. The molecule has 4 rings (SSSR count). The Hall–Kier alpha value is -3.44. The van der Waals surface area contributed by atoms with E-state index in [1.54, 1.807) is 31.2 Å². The van der Waals surface area contributed by atoms with E-state index in [1.807, 2.05) is 54.6 Å². The second-order valence-electron chi connectivity index (χ2n) is 6.57. The molecule has 5 heteroatoms. The van der Waals surface area contributed by atoms with Crippen LogP contribution in [-0.4, -0.2) is 20.6 Å². The smallest absolute Gasteiger partial charge is 0.263 e. The van der Waals surface area contributed by atoms with Crippen LogP contribution in [0.5, 0.6) is 5.75 Å². The summed E-state index contributed by atoms with van der Waals surface area (Å²) in [6.07, 6.45) is -0.857. The number of nitrogens with zero attached hydrogens (tertiary/aromatic N) is 2. The number of hydrogen-bond acceptors (Lipinski definition) is 4. The van der Waals surface area contributed by atoms with Gasteiger partial charge in [-0.3, -0.25) is 9.36 Å². The van der Waals surface area contributed by atoms with Crippen molar-refractivity contribution >= 4 is 16.9 Å². The van der Waals surface area contributed by atoms with Crippen molar-refractivity contribution in [3.63, 3.8) is 0 Å². The van der Waals surface area contributed by atoms with Crippen LogP contribution in [0.1, 0.15) is 34.8 Å². The molecule has 0 bridgehead atoms. The normalized spacial score (nSPS) is 12.1. The highest BCUT2D eigenvalue weighted by Crippen LogP contribution is 2.23. The van der Waals surface area contributed by atoms with Gasteiger partial charge in [0.05, 0.1) is 11.0 Å². The molecule has 0 unspecified atom stereocenters. The predicted octanol–water partition coefficient (Wildman–Crippen LogP) is 4.36. The Balaban J connectivity index is 1.59. The standard InChI is InChI=1S/C23H20N2O3/c1-16(26)22-24-20-9-5-6-10-21(20)25(22)23(27)18-11-13-19(14-12-18)28-15-17-7-3-2-4-8-17/h2-14,16,26H,15H2,1H3/t16-/m1/s1. The minimum Gasteiger partial charge on any atom is -0.489 e. The number of hydrogen-bond donors (Lipinski definition) is 1. The fourth-order valence-corrected chi connectivity index (χ4v) is 3.10. The number of ether oxygens (including phenoxy) is 1. The van der Waals surface area contributed by atoms with Crippen LogP contribution in [0, 0.1) is 0 Å². The van der Waals surface area contributed by atoms with Crippen LogP contribution in [-0.2, 0) is 6.61 Å². The van der Waals surface area contributed by atoms with Gasteiger partial charge < -0.3 is 9.84 Å². The molecular weight excluding hydrogens is 352 g/mol. The molecule has 140 valence electrons. The van der Waals surface area contributed by atoms with Gasteiger partial charge in [-0.2, -0.15) is 0 Å². The number of fused-ring (bicyclic) bond motifs is 1. The van der Waals surface area contributed by atoms with E-state index in [2.05, 4.69) is 4.98 Å². The van der Waals surface area contributed by atoms with E-state index in [9.17, 15) is 9.90 Å². The van der Waals surface area contributed by atoms with E-state index in [-0.39, 0.29) is 5.91 Å². The number of aliphatic hydroxyl groups is 1. The number of benzene rings is 3. The highest BCUT2D eigenvalue weighted by molar-refractivity contribution is 6.01. The summed E-state index contributed by atoms with van der Waals surface area (Å²) in [5, 5.41) is 10.1. The summed E-state index contributed by atoms with van der Waals surface area (Å²) < 4.78 is 7.25. The minimum absolute atomic E-state index is 0.237. The van der Waals surface area contributed by atoms with E-state index in [0.717, 1.165) is 5.56 Å². The highest BCUT2D eigenvalue weighted by atomic mass is 16.5. The maximum absolute atomic E-state index is 13.1. The molecule has 3 aromatic carbocycles. The summed E-state index contributed by atoms with van der Waals surface area (Å²) in [6, 6.07) is 24.3. The quantitative estimate of drug-likeness (QED) is 0.565. The Kier molecular flexibility index (Phi) is 4.91. The summed E-state index contributed by atoms with van der Waals surface area (Å²) in [5.41, 5.74) is 2.92. The van der Waals surface area contributed by atoms with Crippen molar-refractivity contribution in [3.8, 4) is 5.75 Å². The monoisotopic (exact) mass is 372 g/mol. The molecule has 28 heavy (non-hydrogen) atoms. The molecule has 0 amide bonds. The van der Waals surface area contributed by atoms with E-state index in [1.165, 1.54) is 4.57 Å². The van der Waals surface area contributed by atoms with E-state index in [0.29, 0.717) is 34.8 Å². The van der Waals surface area contributed by atoms with Gasteiger partial charge in [-0.1, -0.05) is 42.5 Å². The third-order valence-electron chi connectivity index (χ3n) is 4.51. The molecule has 1 N–H and O–H groups in total. The fourth-order valence-electron chi connectivity index (χ4n) is 3.10. The van der Waals surface area contributed by atoms with Crippen molar-refractivity contribution in [2.24, 2.45) is 0 Å². The topological polar surface area (TPSA) is 64.4 Å². The first kappa shape index (κ1) is 17.9. The van der Waals surface area contributed by atoms with E-state index >= 15 is 0 Å². The van der Waals surface area contributed by atoms with Crippen LogP contribution in [0.3, 0.4) is 0 Å². The Labute approximate surface area is 162 Å². The molecule has 4 aromatic rings. The average molecular weight is 372 g/mol. The van der Waals surface area contributed by atoms with Crippen molar-refractivity contribution in [1.29, 1.82) is 0 Å². The zero-order valence-electron chi connectivity index (χ0n) is 15.4. The van der Waals surface area contributed by atoms with Gasteiger partial charge in [-0.05, 0) is 48.9 Å². The summed E-state index contributed by atoms with van der Waals surface area (Å²) in [4.78, 5) is 17.5. The number of imidazole rings is 1. The molecule has 5 nitrogen and oxygen atoms in total. The second-order valence-corrected chi connectivity index (χ2v) is 6.57. The molecule has 0 aliphatic rings. The van der Waals surface area contributed by atoms with Crippen molar-refractivity contribution in [3.05, 3.63) is 95.8 Å². The van der Waals surface area contributed by atoms with Gasteiger partial charge in [0, 0.05) is 5.56 Å². The lowest BCUT2D eigenvalue weighted by molar-refractivity contribution is 0.0944. The number of carbonyl (C=O) groups excluding carboxylic acids is 1. The van der Waals surface area contributed by atoms with Gasteiger partial charge in [0.2, 0.25) is 0 Å². The first-order chi connectivity index (χ1) is 13.6. The van der Waals surface area contributed by atoms with Crippen LogP contribution < -0.4 is 4.74 Å². The first-order valence-electron chi connectivity index (χ1n) is 9.10. The molecule has 0 fully saturated rings. The largest absolute Gasteiger partial charge is 0.489 e. The van der Waals surface area contributed by atoms with Crippen molar-refractivity contribution in [2.75, 3.05) is 0 Å². The number of rotatable bonds is 5. The zero-order chi connectivity index (χ0) is 19.5. The third-order valence-corrected chi connectivity index (χ3v) is 4.51. The SMILES string of the molecule is C[C@@H](O)c1nc2ccccc2n1C(=O)c1ccc(OCc2ccccc2)cc1. The molecule has 0 radical (unpaired) electrons. The zero-order valence-corrected chi connectivity index (χ0v) is 15.4. The molecule has 1 aromatic heterocycles. The number of carbonyl (C=O) groups is 1. The first-order valence-corrected chi connectivity index (χ1v) is 9.10. The molecule has 1 heterocycles. The Morgan fingerprint density at radius 3 is 2.39 bits per heavy atom. The molecule has 0 saturated carbocycles. The van der Waals surface area contributed by atoms with Crippen LogP contribution in [0.4, 0.5) is 0 Å². The van der Waals surface area contributed by atoms with Crippen LogP contribution in [0.25, 0.3) is 11.0 Å². The molecule has 0 aliphatic heterocycles. The lowest BCUT2D eigenvalue weighted by atomic mass is 10.2. The molecular formula is C23H20N2O3. The summed E-state index contributed by atoms with van der Waals surface area (Å²) >= 11 is 0. The summed E-state index contributed by atoms with van der Waals surface area (Å²) in [7, 11) is 0. The number of aliphatic hydroxyl groups excluding tert-OH is 1. The summed E-state index contributed by atoms with van der Waals surface area (Å²) in [5.74, 6) is 0.779. The van der Waals surface area contributed by atoms with Gasteiger partial charge in [-0.25, -0.2) is 4.98 Å². The minimum atomic E-state index is -0.857. The van der Waals surface area contributed by atoms with Gasteiger partial charge in [0.1, 0.15) is 24.3 Å². The molecule has 0 saturated heterocycles. The second kappa shape index (κ2) is 7.66. The number of para-hydroxylation sites is 2. The third kappa shape index (κ3) is 3.52. The van der Waals surface area contributed by atoms with Crippen LogP contribution in [0.15, 0.2) is 78.9 Å².